The summed E-state index contributed by atoms with van der Waals surface area (Å²) in [5.74, 6) is 1.08. The van der Waals surface area contributed by atoms with Gasteiger partial charge in [0.1, 0.15) is 0 Å². The van der Waals surface area contributed by atoms with Crippen LogP contribution in [0.2, 0.25) is 5.02 Å². The van der Waals surface area contributed by atoms with E-state index >= 15 is 0 Å². The first-order valence-corrected chi connectivity index (χ1v) is 7.84. The quantitative estimate of drug-likeness (QED) is 0.561. The number of hydrogen-bond acceptors (Lipinski definition) is 4. The summed E-state index contributed by atoms with van der Waals surface area (Å²) >= 11 is 6.20. The van der Waals surface area contributed by atoms with Gasteiger partial charge in [-0.2, -0.15) is 10.1 Å². The number of rotatable bonds is 4. The number of aromatic nitrogens is 4. The van der Waals surface area contributed by atoms with Gasteiger partial charge in [0.2, 0.25) is 0 Å². The molecule has 0 saturated carbocycles. The predicted octanol–water partition coefficient (Wildman–Crippen LogP) is 4.17. The van der Waals surface area contributed by atoms with Gasteiger partial charge in [0, 0.05) is 12.6 Å². The van der Waals surface area contributed by atoms with Gasteiger partial charge in [0.25, 0.3) is 5.89 Å². The van der Waals surface area contributed by atoms with E-state index in [1.807, 2.05) is 60.8 Å². The van der Waals surface area contributed by atoms with Crippen molar-refractivity contribution in [3.63, 3.8) is 0 Å². The van der Waals surface area contributed by atoms with Crippen molar-refractivity contribution < 1.29 is 4.52 Å². The monoisotopic (exact) mass is 336 g/mol. The van der Waals surface area contributed by atoms with Crippen LogP contribution in [0.1, 0.15) is 11.4 Å². The van der Waals surface area contributed by atoms with E-state index in [4.69, 9.17) is 16.1 Å². The molecule has 0 atom stereocenters. The van der Waals surface area contributed by atoms with Crippen molar-refractivity contribution in [1.82, 2.24) is 19.9 Å². The van der Waals surface area contributed by atoms with Gasteiger partial charge in [-0.3, -0.25) is 0 Å². The summed E-state index contributed by atoms with van der Waals surface area (Å²) in [5, 5.41) is 8.99. The fourth-order valence-corrected chi connectivity index (χ4v) is 2.65. The molecule has 0 amide bonds. The smallest absolute Gasteiger partial charge is 0.261 e. The molecule has 24 heavy (non-hydrogen) atoms. The highest BCUT2D eigenvalue weighted by Gasteiger charge is 2.13. The average molecular weight is 337 g/mol. The molecular formula is C18H13ClN4O. The highest BCUT2D eigenvalue weighted by molar-refractivity contribution is 6.32. The highest BCUT2D eigenvalue weighted by atomic mass is 35.5. The third-order valence-electron chi connectivity index (χ3n) is 3.60. The molecule has 118 valence electrons. The molecule has 0 unspecified atom stereocenters. The van der Waals surface area contributed by atoms with Gasteiger partial charge in [-0.05, 0) is 17.7 Å². The Kier molecular flexibility index (Phi) is 3.84. The zero-order chi connectivity index (χ0) is 16.4. The lowest BCUT2D eigenvalue weighted by Crippen LogP contribution is -1.94. The second-order valence-corrected chi connectivity index (χ2v) is 5.71. The molecule has 0 bridgehead atoms. The molecule has 4 rings (SSSR count). The first-order valence-electron chi connectivity index (χ1n) is 7.46. The zero-order valence-electron chi connectivity index (χ0n) is 12.6. The topological polar surface area (TPSA) is 56.7 Å². The number of hydrogen-bond donors (Lipinski definition) is 0. The van der Waals surface area contributed by atoms with Crippen LogP contribution in [-0.4, -0.2) is 19.9 Å². The van der Waals surface area contributed by atoms with Crippen molar-refractivity contribution in [3.05, 3.63) is 83.4 Å². The van der Waals surface area contributed by atoms with E-state index in [-0.39, 0.29) is 0 Å². The van der Waals surface area contributed by atoms with Gasteiger partial charge in [0.05, 0.1) is 22.5 Å². The molecule has 0 aliphatic rings. The normalized spacial score (nSPS) is 10.9. The summed E-state index contributed by atoms with van der Waals surface area (Å²) in [4.78, 5) is 4.44. The lowest BCUT2D eigenvalue weighted by Gasteiger charge is -2.02. The van der Waals surface area contributed by atoms with Gasteiger partial charge in [-0.15, -0.1) is 0 Å². The van der Waals surface area contributed by atoms with Crippen LogP contribution in [0, 0.1) is 0 Å². The average Bonchev–Trinajstić information content (AvgIpc) is 3.25. The van der Waals surface area contributed by atoms with Crippen LogP contribution in [0.3, 0.4) is 0 Å². The number of halogens is 1. The van der Waals surface area contributed by atoms with E-state index in [2.05, 4.69) is 15.2 Å². The van der Waals surface area contributed by atoms with E-state index in [1.165, 1.54) is 0 Å². The predicted molar refractivity (Wildman–Crippen MR) is 91.1 cm³/mol. The van der Waals surface area contributed by atoms with Gasteiger partial charge < -0.3 is 4.52 Å². The van der Waals surface area contributed by atoms with Crippen molar-refractivity contribution in [3.8, 4) is 17.1 Å². The van der Waals surface area contributed by atoms with Crippen LogP contribution in [0.25, 0.3) is 17.1 Å². The lowest BCUT2D eigenvalue weighted by atomic mass is 10.1. The molecule has 0 fully saturated rings. The first-order chi connectivity index (χ1) is 11.8. The molecule has 5 nitrogen and oxygen atoms in total. The first kappa shape index (κ1) is 14.7. The molecule has 0 radical (unpaired) electrons. The van der Waals surface area contributed by atoms with Crippen LogP contribution < -0.4 is 0 Å². The van der Waals surface area contributed by atoms with Crippen molar-refractivity contribution in [1.29, 1.82) is 0 Å². The summed E-state index contributed by atoms with van der Waals surface area (Å²) in [6.07, 6.45) is 4.13. The Labute approximate surface area is 143 Å². The maximum Gasteiger partial charge on any atom is 0.261 e. The SMILES string of the molecule is Clc1ccccc1-n1cc(-c2nc(Cc3ccccc3)no2)cn1. The van der Waals surface area contributed by atoms with Crippen molar-refractivity contribution in [2.45, 2.75) is 6.42 Å². The van der Waals surface area contributed by atoms with Crippen LogP contribution in [0.5, 0.6) is 0 Å². The summed E-state index contributed by atoms with van der Waals surface area (Å²) in [7, 11) is 0. The summed E-state index contributed by atoms with van der Waals surface area (Å²) in [6, 6.07) is 17.5. The minimum absolute atomic E-state index is 0.444. The fraction of sp³-hybridized carbons (Fsp3) is 0.0556. The van der Waals surface area contributed by atoms with Gasteiger partial charge >= 0.3 is 0 Å². The zero-order valence-corrected chi connectivity index (χ0v) is 13.4. The van der Waals surface area contributed by atoms with E-state index < -0.39 is 0 Å². The molecule has 6 heteroatoms. The number of para-hydroxylation sites is 1. The van der Waals surface area contributed by atoms with E-state index in [9.17, 15) is 0 Å². The highest BCUT2D eigenvalue weighted by Crippen LogP contribution is 2.23. The molecule has 2 aromatic heterocycles. The van der Waals surface area contributed by atoms with Crippen molar-refractivity contribution >= 4 is 11.6 Å². The molecule has 2 heterocycles. The summed E-state index contributed by atoms with van der Waals surface area (Å²) in [6.45, 7) is 0. The lowest BCUT2D eigenvalue weighted by molar-refractivity contribution is 0.424. The van der Waals surface area contributed by atoms with Crippen LogP contribution >= 0.6 is 11.6 Å². The van der Waals surface area contributed by atoms with Crippen molar-refractivity contribution in [2.24, 2.45) is 0 Å². The van der Waals surface area contributed by atoms with E-state index in [1.54, 1.807) is 10.9 Å². The maximum atomic E-state index is 6.20. The maximum absolute atomic E-state index is 6.20. The Morgan fingerprint density at radius 3 is 2.62 bits per heavy atom. The second kappa shape index (κ2) is 6.29. The largest absolute Gasteiger partial charge is 0.334 e. The van der Waals surface area contributed by atoms with Crippen LogP contribution in [-0.2, 0) is 6.42 Å². The van der Waals surface area contributed by atoms with Crippen LogP contribution in [0.15, 0.2) is 71.5 Å². The minimum atomic E-state index is 0.444. The molecular weight excluding hydrogens is 324 g/mol. The molecule has 0 aliphatic carbocycles. The van der Waals surface area contributed by atoms with E-state index in [0.29, 0.717) is 23.2 Å². The molecule has 0 saturated heterocycles. The molecule has 2 aromatic carbocycles. The second-order valence-electron chi connectivity index (χ2n) is 5.30. The fourth-order valence-electron chi connectivity index (χ4n) is 2.42. The third-order valence-corrected chi connectivity index (χ3v) is 3.92. The standard InChI is InChI=1S/C18H13ClN4O/c19-15-8-4-5-9-16(15)23-12-14(11-20-23)18-21-17(22-24-18)10-13-6-2-1-3-7-13/h1-9,11-12H,10H2. The van der Waals surface area contributed by atoms with Gasteiger partial charge in [-0.25, -0.2) is 4.68 Å². The third kappa shape index (κ3) is 2.94. The molecule has 0 spiro atoms. The number of nitrogens with zero attached hydrogens (tertiary/aromatic N) is 4. The van der Waals surface area contributed by atoms with E-state index in [0.717, 1.165) is 16.8 Å². The Morgan fingerprint density at radius 1 is 1.00 bits per heavy atom. The number of benzene rings is 2. The Hall–Kier alpha value is -2.92. The Morgan fingerprint density at radius 2 is 1.79 bits per heavy atom. The Bertz CT molecular complexity index is 962. The van der Waals surface area contributed by atoms with Crippen molar-refractivity contribution in [2.75, 3.05) is 0 Å². The summed E-state index contributed by atoms with van der Waals surface area (Å²) in [5.41, 5.74) is 2.69. The van der Waals surface area contributed by atoms with Gasteiger partial charge in [-0.1, -0.05) is 59.2 Å². The van der Waals surface area contributed by atoms with Gasteiger partial charge in [0.15, 0.2) is 5.82 Å². The minimum Gasteiger partial charge on any atom is -0.334 e. The summed E-state index contributed by atoms with van der Waals surface area (Å²) < 4.78 is 7.05. The molecule has 0 aliphatic heterocycles. The van der Waals surface area contributed by atoms with Crippen LogP contribution in [0.4, 0.5) is 0 Å². The Balaban J connectivity index is 1.58. The molecule has 0 N–H and O–H groups in total. The molecule has 4 aromatic rings.